The Labute approximate surface area is 129 Å². The first-order chi connectivity index (χ1) is 9.09. The van der Waals surface area contributed by atoms with E-state index in [1.165, 1.54) is 47.2 Å². The van der Waals surface area contributed by atoms with Gasteiger partial charge in [0.25, 0.3) is 0 Å². The molecule has 2 atom stereocenters. The van der Waals surface area contributed by atoms with E-state index in [-0.39, 0.29) is 6.04 Å². The van der Waals surface area contributed by atoms with E-state index in [9.17, 15) is 0 Å². The Morgan fingerprint density at radius 3 is 2.37 bits per heavy atom. The summed E-state index contributed by atoms with van der Waals surface area (Å²) in [5.41, 5.74) is 6.27. The number of thiophene rings is 1. The van der Waals surface area contributed by atoms with Crippen molar-refractivity contribution in [2.45, 2.75) is 63.6 Å². The summed E-state index contributed by atoms with van der Waals surface area (Å²) in [5.74, 6) is 0. The fourth-order valence-electron chi connectivity index (χ4n) is 3.21. The molecule has 0 aromatic carbocycles. The third-order valence-electron chi connectivity index (χ3n) is 4.22. The van der Waals surface area contributed by atoms with Gasteiger partial charge in [0, 0.05) is 17.0 Å². The summed E-state index contributed by atoms with van der Waals surface area (Å²) in [4.78, 5) is 3.92. The van der Waals surface area contributed by atoms with Crippen LogP contribution in [0.15, 0.2) is 15.9 Å². The lowest BCUT2D eigenvalue weighted by molar-refractivity contribution is 0.143. The Bertz CT molecular complexity index is 383. The van der Waals surface area contributed by atoms with Crippen molar-refractivity contribution in [2.75, 3.05) is 7.05 Å². The number of nitrogens with zero attached hydrogens (tertiary/aromatic N) is 1. The maximum atomic E-state index is 6.27. The molecule has 1 aliphatic rings. The van der Waals surface area contributed by atoms with E-state index in [0.717, 1.165) is 0 Å². The van der Waals surface area contributed by atoms with Crippen LogP contribution in [0.2, 0.25) is 0 Å². The van der Waals surface area contributed by atoms with E-state index >= 15 is 0 Å². The number of halogens is 1. The van der Waals surface area contributed by atoms with E-state index in [4.69, 9.17) is 5.73 Å². The van der Waals surface area contributed by atoms with Crippen LogP contribution < -0.4 is 5.73 Å². The summed E-state index contributed by atoms with van der Waals surface area (Å²) in [6.07, 6.45) is 8.19. The second-order valence-corrected chi connectivity index (χ2v) is 8.25. The van der Waals surface area contributed by atoms with Crippen molar-refractivity contribution < 1.29 is 0 Å². The summed E-state index contributed by atoms with van der Waals surface area (Å²) in [6.45, 7) is 2.13. The molecule has 0 spiro atoms. The minimum Gasteiger partial charge on any atom is -0.326 e. The lowest BCUT2D eigenvalue weighted by Crippen LogP contribution is -2.42. The lowest BCUT2D eigenvalue weighted by Gasteiger charge is -2.36. The fourth-order valence-corrected chi connectivity index (χ4v) is 4.90. The van der Waals surface area contributed by atoms with E-state index in [1.807, 2.05) is 11.3 Å². The molecule has 0 amide bonds. The first kappa shape index (κ1) is 15.5. The van der Waals surface area contributed by atoms with Crippen molar-refractivity contribution in [3.63, 3.8) is 0 Å². The van der Waals surface area contributed by atoms with Crippen LogP contribution in [0.1, 0.15) is 56.4 Å². The highest BCUT2D eigenvalue weighted by molar-refractivity contribution is 9.11. The third kappa shape index (κ3) is 4.03. The van der Waals surface area contributed by atoms with Gasteiger partial charge in [-0.1, -0.05) is 25.7 Å². The van der Waals surface area contributed by atoms with E-state index < -0.39 is 0 Å². The minimum absolute atomic E-state index is 0.166. The molecule has 2 unspecified atom stereocenters. The van der Waals surface area contributed by atoms with Crippen LogP contribution in [-0.4, -0.2) is 24.0 Å². The standard InChI is InChI=1S/C15H25BrN2S/c1-11(17)15(13-9-10-14(16)19-13)18(2)12-7-5-3-4-6-8-12/h9-12,15H,3-8,17H2,1-2H3. The average Bonchev–Trinajstić information content (AvgIpc) is 2.65. The van der Waals surface area contributed by atoms with Crippen molar-refractivity contribution in [2.24, 2.45) is 5.73 Å². The van der Waals surface area contributed by atoms with Crippen LogP contribution >= 0.6 is 27.3 Å². The van der Waals surface area contributed by atoms with Gasteiger partial charge in [-0.05, 0) is 54.9 Å². The minimum atomic E-state index is 0.166. The molecule has 0 aliphatic heterocycles. The molecule has 19 heavy (non-hydrogen) atoms. The number of rotatable bonds is 4. The molecule has 2 rings (SSSR count). The van der Waals surface area contributed by atoms with Crippen LogP contribution in [0.4, 0.5) is 0 Å². The Hall–Kier alpha value is 0.1000. The predicted octanol–water partition coefficient (Wildman–Crippen LogP) is 4.55. The molecule has 1 heterocycles. The molecule has 2 nitrogen and oxygen atoms in total. The van der Waals surface area contributed by atoms with Gasteiger partial charge in [-0.25, -0.2) is 0 Å². The molecular formula is C15H25BrN2S. The van der Waals surface area contributed by atoms with Gasteiger partial charge in [0.05, 0.1) is 9.83 Å². The van der Waals surface area contributed by atoms with Gasteiger partial charge in [0.2, 0.25) is 0 Å². The third-order valence-corrected chi connectivity index (χ3v) is 5.92. The lowest BCUT2D eigenvalue weighted by atomic mass is 10.0. The maximum absolute atomic E-state index is 6.27. The Kier molecular flexibility index (Phi) is 5.87. The molecule has 0 radical (unpaired) electrons. The SMILES string of the molecule is CC(N)C(c1ccc(Br)s1)N(C)C1CCCCCC1. The molecule has 1 aromatic rings. The quantitative estimate of drug-likeness (QED) is 0.811. The van der Waals surface area contributed by atoms with Crippen LogP contribution in [0.5, 0.6) is 0 Å². The Balaban J connectivity index is 2.13. The van der Waals surface area contributed by atoms with Crippen molar-refractivity contribution in [1.29, 1.82) is 0 Å². The molecule has 0 saturated heterocycles. The van der Waals surface area contributed by atoms with Crippen molar-refractivity contribution in [3.05, 3.63) is 20.8 Å². The highest BCUT2D eigenvalue weighted by Gasteiger charge is 2.28. The number of nitrogens with two attached hydrogens (primary N) is 1. The topological polar surface area (TPSA) is 29.3 Å². The predicted molar refractivity (Wildman–Crippen MR) is 87.7 cm³/mol. The average molecular weight is 345 g/mol. The van der Waals surface area contributed by atoms with Gasteiger partial charge in [-0.3, -0.25) is 4.90 Å². The van der Waals surface area contributed by atoms with Gasteiger partial charge in [0.1, 0.15) is 0 Å². The van der Waals surface area contributed by atoms with Crippen molar-refractivity contribution in [3.8, 4) is 0 Å². The summed E-state index contributed by atoms with van der Waals surface area (Å²) in [7, 11) is 2.26. The zero-order valence-electron chi connectivity index (χ0n) is 11.9. The molecule has 108 valence electrons. The summed E-state index contributed by atoms with van der Waals surface area (Å²) in [5, 5.41) is 0. The van der Waals surface area contributed by atoms with Crippen LogP contribution in [0.3, 0.4) is 0 Å². The van der Waals surface area contributed by atoms with Crippen LogP contribution in [-0.2, 0) is 0 Å². The van der Waals surface area contributed by atoms with E-state index in [2.05, 4.69) is 46.9 Å². The van der Waals surface area contributed by atoms with Gasteiger partial charge in [-0.15, -0.1) is 11.3 Å². The van der Waals surface area contributed by atoms with Crippen molar-refractivity contribution in [1.82, 2.24) is 4.90 Å². The smallest absolute Gasteiger partial charge is 0.0702 e. The monoisotopic (exact) mass is 344 g/mol. The largest absolute Gasteiger partial charge is 0.326 e. The first-order valence-corrected chi connectivity index (χ1v) is 8.93. The summed E-state index contributed by atoms with van der Waals surface area (Å²) in [6, 6.07) is 5.56. The van der Waals surface area contributed by atoms with Crippen LogP contribution in [0, 0.1) is 0 Å². The van der Waals surface area contributed by atoms with Gasteiger partial charge >= 0.3 is 0 Å². The number of likely N-dealkylation sites (N-methyl/N-ethyl adjacent to an activating group) is 1. The Morgan fingerprint density at radius 2 is 1.89 bits per heavy atom. The highest BCUT2D eigenvalue weighted by atomic mass is 79.9. The molecular weight excluding hydrogens is 320 g/mol. The molecule has 1 aliphatic carbocycles. The first-order valence-electron chi connectivity index (χ1n) is 7.32. The maximum Gasteiger partial charge on any atom is 0.0702 e. The number of hydrogen-bond acceptors (Lipinski definition) is 3. The van der Waals surface area contributed by atoms with E-state index in [0.29, 0.717) is 12.1 Å². The summed E-state index contributed by atoms with van der Waals surface area (Å²) >= 11 is 5.38. The normalized spacial score (nSPS) is 21.3. The highest BCUT2D eigenvalue weighted by Crippen LogP contribution is 2.35. The Morgan fingerprint density at radius 1 is 1.26 bits per heavy atom. The molecule has 2 N–H and O–H groups in total. The zero-order chi connectivity index (χ0) is 13.8. The van der Waals surface area contributed by atoms with Crippen LogP contribution in [0.25, 0.3) is 0 Å². The second kappa shape index (κ2) is 7.21. The van der Waals surface area contributed by atoms with Gasteiger partial charge in [0.15, 0.2) is 0 Å². The van der Waals surface area contributed by atoms with Gasteiger partial charge < -0.3 is 5.73 Å². The fraction of sp³-hybridized carbons (Fsp3) is 0.733. The molecule has 4 heteroatoms. The molecule has 1 saturated carbocycles. The van der Waals surface area contributed by atoms with E-state index in [1.54, 1.807) is 0 Å². The van der Waals surface area contributed by atoms with Crippen molar-refractivity contribution >= 4 is 27.3 Å². The molecule has 1 fully saturated rings. The zero-order valence-corrected chi connectivity index (χ0v) is 14.3. The van der Waals surface area contributed by atoms with Gasteiger partial charge in [-0.2, -0.15) is 0 Å². The second-order valence-electron chi connectivity index (χ2n) is 5.76. The summed E-state index contributed by atoms with van der Waals surface area (Å²) < 4.78 is 1.20. The molecule has 0 bridgehead atoms. The number of hydrogen-bond donors (Lipinski definition) is 1. The molecule has 1 aromatic heterocycles.